The van der Waals surface area contributed by atoms with E-state index in [9.17, 15) is 8.96 Å². The monoisotopic (exact) mass is 344 g/mol. The summed E-state index contributed by atoms with van der Waals surface area (Å²) >= 11 is 0. The lowest BCUT2D eigenvalue weighted by Crippen LogP contribution is -2.68. The number of hydrogen-bond donors (Lipinski definition) is 2. The molecule has 0 amide bonds. The van der Waals surface area contributed by atoms with Crippen LogP contribution in [0.15, 0.2) is 0 Å². The summed E-state index contributed by atoms with van der Waals surface area (Å²) in [6, 6.07) is 0. The molecule has 3 heterocycles. The Morgan fingerprint density at radius 3 is 0.900 bits per heavy atom. The lowest BCUT2D eigenvalue weighted by atomic mass is 10.2. The van der Waals surface area contributed by atoms with Gasteiger partial charge in [0.05, 0.1) is 0 Å². The first-order chi connectivity index (χ1) is 8.62. The molecule has 2 bridgehead atoms. The number of fused-ring (bicyclic) bond motifs is 3. The zero-order valence-corrected chi connectivity index (χ0v) is 11.7. The first kappa shape index (κ1) is 19.5. The van der Waals surface area contributed by atoms with E-state index in [4.69, 9.17) is 35.0 Å². The molecule has 0 aromatic rings. The van der Waals surface area contributed by atoms with Crippen molar-refractivity contribution >= 4 is 20.8 Å². The van der Waals surface area contributed by atoms with Crippen LogP contribution >= 0.6 is 0 Å². The quantitative estimate of drug-likeness (QED) is 0.303. The second-order valence-corrected chi connectivity index (χ2v) is 5.97. The minimum Gasteiger partial charge on any atom is -0.726 e. The Bertz CT molecular complexity index is 433. The summed E-state index contributed by atoms with van der Waals surface area (Å²) in [6.07, 6.45) is 0. The van der Waals surface area contributed by atoms with Gasteiger partial charge in [-0.1, -0.05) is 0 Å². The molecule has 0 unspecified atom stereocenters. The predicted octanol–water partition coefficient (Wildman–Crippen LogP) is -1.57. The first-order valence-electron chi connectivity index (χ1n) is 5.10. The molecule has 3 rings (SSSR count). The lowest BCUT2D eigenvalue weighted by Gasteiger charge is -2.42. The van der Waals surface area contributed by atoms with Gasteiger partial charge in [0.15, 0.2) is 39.3 Å². The van der Waals surface area contributed by atoms with E-state index in [1.165, 1.54) is 0 Å². The molecule has 0 atom stereocenters. The molecule has 3 saturated heterocycles. The van der Waals surface area contributed by atoms with Crippen LogP contribution in [-0.4, -0.2) is 83.7 Å². The smallest absolute Gasteiger partial charge is 0.215 e. The third kappa shape index (κ3) is 11.4. The maximum Gasteiger partial charge on any atom is 0.215 e. The molecule has 0 radical (unpaired) electrons. The highest BCUT2D eigenvalue weighted by Gasteiger charge is 2.52. The molecule has 10 nitrogen and oxygen atoms in total. The molecule has 3 fully saturated rings. The summed E-state index contributed by atoms with van der Waals surface area (Å²) in [5.74, 6) is 0. The number of quaternary nitrogens is 2. The van der Waals surface area contributed by atoms with E-state index in [1.54, 1.807) is 0 Å². The highest BCUT2D eigenvalue weighted by Crippen LogP contribution is 2.26. The van der Waals surface area contributed by atoms with Gasteiger partial charge in [-0.15, -0.1) is 9.41 Å². The van der Waals surface area contributed by atoms with Gasteiger partial charge in [0, 0.05) is 0 Å². The third-order valence-corrected chi connectivity index (χ3v) is 2.70. The molecule has 0 spiro atoms. The lowest BCUT2D eigenvalue weighted by molar-refractivity contribution is -1.19. The molecule has 0 aromatic heterocycles. The van der Waals surface area contributed by atoms with Gasteiger partial charge in [0.2, 0.25) is 20.8 Å². The van der Waals surface area contributed by atoms with Crippen molar-refractivity contribution in [3.05, 3.63) is 0 Å². The molecular weight excluding hydrogens is 330 g/mol. The van der Waals surface area contributed by atoms with E-state index >= 15 is 0 Å². The summed E-state index contributed by atoms with van der Waals surface area (Å²) in [6.45, 7) is 2.23. The molecule has 20 heavy (non-hydrogen) atoms. The van der Waals surface area contributed by atoms with Crippen molar-refractivity contribution in [2.24, 2.45) is 0 Å². The summed E-state index contributed by atoms with van der Waals surface area (Å²) in [5.41, 5.74) is 0. The summed E-state index contributed by atoms with van der Waals surface area (Å²) in [5, 5.41) is 0. The highest BCUT2D eigenvalue weighted by molar-refractivity contribution is 7.80. The molecule has 2 N–H and O–H groups in total. The van der Waals surface area contributed by atoms with Gasteiger partial charge in [-0.2, -0.15) is 0 Å². The molecular formula is C6H14F2N2O8S2. The molecule has 0 aliphatic carbocycles. The van der Waals surface area contributed by atoms with E-state index in [0.29, 0.717) is 39.3 Å². The van der Waals surface area contributed by atoms with Crippen molar-refractivity contribution in [3.63, 3.8) is 0 Å². The largest absolute Gasteiger partial charge is 0.726 e. The summed E-state index contributed by atoms with van der Waals surface area (Å²) < 4.78 is 91.4. The molecule has 3 aliphatic rings. The minimum absolute atomic E-state index is 0.372. The fraction of sp³-hybridized carbons (Fsp3) is 1.00. The van der Waals surface area contributed by atoms with Crippen LogP contribution in [0.3, 0.4) is 0 Å². The Labute approximate surface area is 114 Å². The molecule has 14 heteroatoms. The average molecular weight is 344 g/mol. The van der Waals surface area contributed by atoms with Gasteiger partial charge >= 0.3 is 0 Å². The van der Waals surface area contributed by atoms with Crippen molar-refractivity contribution in [3.8, 4) is 0 Å². The van der Waals surface area contributed by atoms with Crippen LogP contribution in [-0.2, 0) is 20.8 Å². The van der Waals surface area contributed by atoms with E-state index < -0.39 is 20.8 Å². The molecule has 122 valence electrons. The van der Waals surface area contributed by atoms with Gasteiger partial charge in [0.1, 0.15) is 0 Å². The summed E-state index contributed by atoms with van der Waals surface area (Å²) in [7, 11) is -9.83. The third-order valence-electron chi connectivity index (χ3n) is 2.70. The van der Waals surface area contributed by atoms with Crippen LogP contribution in [0.2, 0.25) is 0 Å². The van der Waals surface area contributed by atoms with E-state index in [-0.39, 0.29) is 9.41 Å². The van der Waals surface area contributed by atoms with Crippen molar-refractivity contribution in [2.75, 3.05) is 39.3 Å². The van der Waals surface area contributed by atoms with Gasteiger partial charge in [-0.3, -0.25) is 9.11 Å². The van der Waals surface area contributed by atoms with Crippen molar-refractivity contribution in [1.29, 1.82) is 0 Å². The zero-order valence-electron chi connectivity index (χ0n) is 10.1. The SMILES string of the molecule is F[N+]12CC[N+](F)(CC1)CC2.O=S(=O)([O-])O.O=S(=O)([O-])O. The number of halogens is 2. The number of nitrogens with zero attached hydrogens (tertiary/aromatic N) is 2. The van der Waals surface area contributed by atoms with Gasteiger partial charge in [-0.05, 0) is 8.96 Å². The minimum atomic E-state index is -4.92. The van der Waals surface area contributed by atoms with Gasteiger partial charge in [0.25, 0.3) is 0 Å². The van der Waals surface area contributed by atoms with E-state index in [1.807, 2.05) is 0 Å². The second kappa shape index (κ2) is 6.52. The van der Waals surface area contributed by atoms with Crippen molar-refractivity contribution < 1.29 is 53.4 Å². The zero-order chi connectivity index (χ0) is 16.2. The topological polar surface area (TPSA) is 155 Å². The Kier molecular flexibility index (Phi) is 6.37. The van der Waals surface area contributed by atoms with Gasteiger partial charge in [-0.25, -0.2) is 16.8 Å². The van der Waals surface area contributed by atoms with Gasteiger partial charge < -0.3 is 9.11 Å². The van der Waals surface area contributed by atoms with E-state index in [2.05, 4.69) is 0 Å². The van der Waals surface area contributed by atoms with Crippen molar-refractivity contribution in [1.82, 2.24) is 0 Å². The van der Waals surface area contributed by atoms with Crippen LogP contribution in [0.1, 0.15) is 0 Å². The van der Waals surface area contributed by atoms with Crippen LogP contribution in [0.4, 0.5) is 8.96 Å². The first-order valence-corrected chi connectivity index (χ1v) is 7.83. The van der Waals surface area contributed by atoms with Crippen LogP contribution in [0.25, 0.3) is 0 Å². The number of rotatable bonds is 0. The van der Waals surface area contributed by atoms with E-state index in [0.717, 1.165) is 0 Å². The molecule has 3 aliphatic heterocycles. The van der Waals surface area contributed by atoms with Crippen LogP contribution in [0, 0.1) is 0 Å². The average Bonchev–Trinajstić information content (AvgIpc) is 2.16. The Balaban J connectivity index is 0.000000310. The normalized spacial score (nSPS) is 32.5. The fourth-order valence-electron chi connectivity index (χ4n) is 1.75. The van der Waals surface area contributed by atoms with Crippen LogP contribution < -0.4 is 0 Å². The Morgan fingerprint density at radius 2 is 0.800 bits per heavy atom. The predicted molar refractivity (Wildman–Crippen MR) is 56.6 cm³/mol. The Morgan fingerprint density at radius 1 is 0.700 bits per heavy atom. The maximum absolute atomic E-state index is 13.3. The fourth-order valence-corrected chi connectivity index (χ4v) is 1.75. The molecule has 0 aromatic carbocycles. The van der Waals surface area contributed by atoms with Crippen LogP contribution in [0.5, 0.6) is 0 Å². The van der Waals surface area contributed by atoms with Crippen molar-refractivity contribution in [2.45, 2.75) is 0 Å². The summed E-state index contributed by atoms with van der Waals surface area (Å²) in [4.78, 5) is 0. The highest BCUT2D eigenvalue weighted by atomic mass is 32.3. The number of piperazine rings is 3. The molecule has 0 saturated carbocycles. The standard InChI is InChI=1S/C6H12F2N2.2H2O4S/c7-9-1-2-10(8,5-3-9)6-4-9;2*1-5(2,3)4/h1-6H2;2*(H2,1,2,3,4)/q+2;;/p-2. The maximum atomic E-state index is 13.3. The number of hydrogen-bond acceptors (Lipinski definition) is 6. The Hall–Kier alpha value is -0.480. The second-order valence-electron chi connectivity index (χ2n) is 4.26.